The SMILES string of the molecule is CCOC(=O)C1=CC[C@H](c2ccco2)N(S(=O)c2ccc([N+](=O)[O-])cc2)C1. The van der Waals surface area contributed by atoms with Crippen LogP contribution in [0.3, 0.4) is 0 Å². The fraction of sp³-hybridized carbons (Fsp3) is 0.278. The van der Waals surface area contributed by atoms with E-state index in [0.29, 0.717) is 22.6 Å². The molecule has 0 amide bonds. The summed E-state index contributed by atoms with van der Waals surface area (Å²) in [5.74, 6) is 0.186. The average molecular weight is 390 g/mol. The predicted molar refractivity (Wildman–Crippen MR) is 97.0 cm³/mol. The quantitative estimate of drug-likeness (QED) is 0.426. The zero-order valence-corrected chi connectivity index (χ0v) is 15.4. The third-order valence-corrected chi connectivity index (χ3v) is 5.62. The minimum Gasteiger partial charge on any atom is -0.468 e. The number of esters is 1. The van der Waals surface area contributed by atoms with E-state index in [4.69, 9.17) is 9.15 Å². The maximum atomic E-state index is 13.2. The molecule has 142 valence electrons. The van der Waals surface area contributed by atoms with Crippen molar-refractivity contribution in [3.63, 3.8) is 0 Å². The van der Waals surface area contributed by atoms with Gasteiger partial charge in [0, 0.05) is 24.3 Å². The highest BCUT2D eigenvalue weighted by Crippen LogP contribution is 2.34. The molecular formula is C18H18N2O6S. The molecule has 0 bridgehead atoms. The van der Waals surface area contributed by atoms with Crippen molar-refractivity contribution in [2.24, 2.45) is 0 Å². The minimum absolute atomic E-state index is 0.0795. The minimum atomic E-state index is -1.65. The van der Waals surface area contributed by atoms with Crippen LogP contribution in [0.25, 0.3) is 0 Å². The van der Waals surface area contributed by atoms with Gasteiger partial charge < -0.3 is 9.15 Å². The smallest absolute Gasteiger partial charge is 0.335 e. The Morgan fingerprint density at radius 2 is 2.11 bits per heavy atom. The highest BCUT2D eigenvalue weighted by Gasteiger charge is 2.33. The molecule has 0 saturated heterocycles. The first kappa shape index (κ1) is 19.0. The van der Waals surface area contributed by atoms with Gasteiger partial charge in [-0.25, -0.2) is 13.3 Å². The molecule has 2 atom stereocenters. The Morgan fingerprint density at radius 3 is 2.70 bits per heavy atom. The summed E-state index contributed by atoms with van der Waals surface area (Å²) in [6.45, 7) is 2.09. The van der Waals surface area contributed by atoms with E-state index in [1.807, 2.05) is 0 Å². The van der Waals surface area contributed by atoms with Crippen LogP contribution in [-0.2, 0) is 20.5 Å². The molecular weight excluding hydrogens is 372 g/mol. The van der Waals surface area contributed by atoms with E-state index in [9.17, 15) is 19.1 Å². The van der Waals surface area contributed by atoms with Gasteiger partial charge in [0.15, 0.2) is 0 Å². The summed E-state index contributed by atoms with van der Waals surface area (Å²) in [5, 5.41) is 10.8. The van der Waals surface area contributed by atoms with E-state index in [1.165, 1.54) is 30.5 Å². The number of nitro benzene ring substituents is 1. The third kappa shape index (κ3) is 4.15. The Balaban J connectivity index is 1.90. The first-order valence-electron chi connectivity index (χ1n) is 8.33. The highest BCUT2D eigenvalue weighted by atomic mass is 32.2. The van der Waals surface area contributed by atoms with Gasteiger partial charge in [-0.1, -0.05) is 6.08 Å². The lowest BCUT2D eigenvalue weighted by Crippen LogP contribution is -2.37. The van der Waals surface area contributed by atoms with Crippen molar-refractivity contribution in [1.82, 2.24) is 4.31 Å². The number of carbonyl (C=O) groups is 1. The third-order valence-electron chi connectivity index (χ3n) is 4.13. The molecule has 1 aliphatic heterocycles. The van der Waals surface area contributed by atoms with Gasteiger partial charge in [0.1, 0.15) is 16.7 Å². The second-order valence-corrected chi connectivity index (χ2v) is 7.23. The van der Waals surface area contributed by atoms with Gasteiger partial charge in [0.05, 0.1) is 28.7 Å². The number of furan rings is 1. The van der Waals surface area contributed by atoms with Gasteiger partial charge in [-0.15, -0.1) is 0 Å². The Bertz CT molecular complexity index is 876. The second kappa shape index (κ2) is 8.28. The molecule has 1 aliphatic rings. The maximum absolute atomic E-state index is 13.2. The van der Waals surface area contributed by atoms with Crippen LogP contribution < -0.4 is 0 Å². The molecule has 2 aromatic rings. The highest BCUT2D eigenvalue weighted by molar-refractivity contribution is 7.82. The number of hydrogen-bond donors (Lipinski definition) is 0. The molecule has 0 aliphatic carbocycles. The molecule has 2 heterocycles. The van der Waals surface area contributed by atoms with E-state index in [0.717, 1.165) is 0 Å². The first-order chi connectivity index (χ1) is 13.0. The Morgan fingerprint density at radius 1 is 1.37 bits per heavy atom. The summed E-state index contributed by atoms with van der Waals surface area (Å²) in [4.78, 5) is 22.8. The van der Waals surface area contributed by atoms with E-state index in [2.05, 4.69) is 0 Å². The van der Waals surface area contributed by atoms with Crippen LogP contribution in [0, 0.1) is 10.1 Å². The van der Waals surface area contributed by atoms with Crippen LogP contribution >= 0.6 is 0 Å². The van der Waals surface area contributed by atoms with Crippen molar-refractivity contribution < 1.29 is 23.1 Å². The van der Waals surface area contributed by atoms with E-state index < -0.39 is 21.9 Å². The molecule has 0 spiro atoms. The largest absolute Gasteiger partial charge is 0.468 e. The number of rotatable bonds is 6. The Hall–Kier alpha value is -2.78. The summed E-state index contributed by atoms with van der Waals surface area (Å²) in [6.07, 6.45) is 3.74. The van der Waals surface area contributed by atoms with Gasteiger partial charge in [0.25, 0.3) is 5.69 Å². The van der Waals surface area contributed by atoms with Gasteiger partial charge in [0.2, 0.25) is 0 Å². The molecule has 0 radical (unpaired) electrons. The van der Waals surface area contributed by atoms with Crippen molar-refractivity contribution in [3.05, 3.63) is 70.2 Å². The standard InChI is InChI=1S/C18H18N2O6S/c1-2-25-18(21)13-5-10-16(17-4-3-11-26-17)19(12-13)27(24)15-8-6-14(7-9-15)20(22)23/h3-9,11,16H,2,10,12H2,1H3/t16-,27?/m1/s1. The zero-order valence-electron chi connectivity index (χ0n) is 14.6. The van der Waals surface area contributed by atoms with Crippen molar-refractivity contribution in [2.75, 3.05) is 13.2 Å². The molecule has 0 fully saturated rings. The topological polar surface area (TPSA) is 103 Å². The van der Waals surface area contributed by atoms with Crippen molar-refractivity contribution in [2.45, 2.75) is 24.3 Å². The monoisotopic (exact) mass is 390 g/mol. The number of nitro groups is 1. The number of hydrogen-bond acceptors (Lipinski definition) is 6. The van der Waals surface area contributed by atoms with Gasteiger partial charge in [-0.2, -0.15) is 0 Å². The van der Waals surface area contributed by atoms with E-state index in [-0.39, 0.29) is 24.9 Å². The van der Waals surface area contributed by atoms with E-state index >= 15 is 0 Å². The zero-order chi connectivity index (χ0) is 19.4. The van der Waals surface area contributed by atoms with Crippen LogP contribution in [0.5, 0.6) is 0 Å². The lowest BCUT2D eigenvalue weighted by molar-refractivity contribution is -0.384. The molecule has 3 rings (SSSR count). The molecule has 0 N–H and O–H groups in total. The fourth-order valence-corrected chi connectivity index (χ4v) is 4.14. The van der Waals surface area contributed by atoms with E-state index in [1.54, 1.807) is 29.4 Å². The van der Waals surface area contributed by atoms with Gasteiger partial charge in [-0.05, 0) is 37.6 Å². The average Bonchev–Trinajstić information content (AvgIpc) is 3.22. The molecule has 27 heavy (non-hydrogen) atoms. The van der Waals surface area contributed by atoms with Crippen LogP contribution in [0.4, 0.5) is 5.69 Å². The maximum Gasteiger partial charge on any atom is 0.335 e. The summed E-state index contributed by atoms with van der Waals surface area (Å²) in [7, 11) is -1.65. The summed E-state index contributed by atoms with van der Waals surface area (Å²) < 4.78 is 25.3. The molecule has 1 aromatic carbocycles. The predicted octanol–water partition coefficient (Wildman–Crippen LogP) is 3.15. The van der Waals surface area contributed by atoms with Crippen LogP contribution in [0.2, 0.25) is 0 Å². The van der Waals surface area contributed by atoms with Crippen molar-refractivity contribution in [3.8, 4) is 0 Å². The summed E-state index contributed by atoms with van der Waals surface area (Å²) >= 11 is 0. The fourth-order valence-electron chi connectivity index (χ4n) is 2.82. The van der Waals surface area contributed by atoms with Crippen LogP contribution in [-0.4, -0.2) is 32.6 Å². The number of nitrogens with zero attached hydrogens (tertiary/aromatic N) is 2. The number of non-ortho nitro benzene ring substituents is 1. The summed E-state index contributed by atoms with van der Waals surface area (Å²) in [6, 6.07) is 8.73. The lowest BCUT2D eigenvalue weighted by Gasteiger charge is -2.32. The molecule has 0 saturated carbocycles. The summed E-state index contributed by atoms with van der Waals surface area (Å²) in [5.41, 5.74) is 0.346. The number of benzene rings is 1. The lowest BCUT2D eigenvalue weighted by atomic mass is 10.0. The Labute approximate surface area is 158 Å². The first-order valence-corrected chi connectivity index (χ1v) is 9.44. The molecule has 1 aromatic heterocycles. The van der Waals surface area contributed by atoms with Crippen LogP contribution in [0.15, 0.2) is 63.6 Å². The van der Waals surface area contributed by atoms with Crippen molar-refractivity contribution >= 4 is 22.6 Å². The van der Waals surface area contributed by atoms with Gasteiger partial charge >= 0.3 is 5.97 Å². The second-order valence-electron chi connectivity index (χ2n) is 5.79. The van der Waals surface area contributed by atoms with Crippen molar-refractivity contribution in [1.29, 1.82) is 0 Å². The Kier molecular flexibility index (Phi) is 5.82. The molecule has 1 unspecified atom stereocenters. The number of ether oxygens (including phenoxy) is 1. The normalized spacial score (nSPS) is 18.6. The molecule has 9 heteroatoms. The van der Waals surface area contributed by atoms with Crippen LogP contribution in [0.1, 0.15) is 25.1 Å². The van der Waals surface area contributed by atoms with Gasteiger partial charge in [-0.3, -0.25) is 10.1 Å². The molecule has 8 nitrogen and oxygen atoms in total. The number of carbonyl (C=O) groups excluding carboxylic acids is 1.